The van der Waals surface area contributed by atoms with Gasteiger partial charge in [-0.25, -0.2) is 0 Å². The van der Waals surface area contributed by atoms with E-state index in [1.54, 1.807) is 6.08 Å². The highest BCUT2D eigenvalue weighted by Gasteiger charge is 2.22. The fourth-order valence-electron chi connectivity index (χ4n) is 1.84. The fraction of sp³-hybridized carbons (Fsp3) is 0.0625. The Balaban J connectivity index is 2.04. The first kappa shape index (κ1) is 17.9. The number of benzene rings is 1. The second kappa shape index (κ2) is 7.89. The van der Waals surface area contributed by atoms with Gasteiger partial charge in [-0.2, -0.15) is 0 Å². The molecule has 1 heterocycles. The Bertz CT molecular complexity index is 785. The lowest BCUT2D eigenvalue weighted by Crippen LogP contribution is -2.52. The molecule has 0 unspecified atom stereocenters. The van der Waals surface area contributed by atoms with Crippen molar-refractivity contribution in [1.82, 2.24) is 5.32 Å². The van der Waals surface area contributed by atoms with Crippen molar-refractivity contribution in [2.45, 2.75) is 6.04 Å². The van der Waals surface area contributed by atoms with Crippen LogP contribution in [0.15, 0.2) is 46.9 Å². The zero-order valence-corrected chi connectivity index (χ0v) is 14.8. The van der Waals surface area contributed by atoms with E-state index in [9.17, 15) is 14.4 Å². The molecule has 0 spiro atoms. The highest BCUT2D eigenvalue weighted by atomic mass is 79.9. The molecular formula is C16H14BrN3O3S. The van der Waals surface area contributed by atoms with Crippen LogP contribution in [-0.2, 0) is 14.4 Å². The van der Waals surface area contributed by atoms with Crippen LogP contribution in [0.5, 0.6) is 0 Å². The van der Waals surface area contributed by atoms with Gasteiger partial charge in [-0.1, -0.05) is 28.1 Å². The normalized spacial score (nSPS) is 10.9. The Morgan fingerprint density at radius 1 is 1.04 bits per heavy atom. The molecule has 1 aromatic carbocycles. The molecule has 0 fully saturated rings. The quantitative estimate of drug-likeness (QED) is 0.499. The van der Waals surface area contributed by atoms with Crippen LogP contribution in [-0.4, -0.2) is 23.8 Å². The Morgan fingerprint density at radius 2 is 1.67 bits per heavy atom. The van der Waals surface area contributed by atoms with Gasteiger partial charge in [0.25, 0.3) is 0 Å². The Morgan fingerprint density at radius 3 is 2.25 bits per heavy atom. The van der Waals surface area contributed by atoms with E-state index in [-0.39, 0.29) is 0 Å². The van der Waals surface area contributed by atoms with E-state index in [0.29, 0.717) is 0 Å². The first-order valence-electron chi connectivity index (χ1n) is 6.80. The number of nitrogens with two attached hydrogens (primary N) is 2. The van der Waals surface area contributed by atoms with Crippen LogP contribution in [0, 0.1) is 0 Å². The second-order valence-electron chi connectivity index (χ2n) is 4.79. The molecule has 0 aliphatic carbocycles. The van der Waals surface area contributed by atoms with E-state index in [0.717, 1.165) is 19.8 Å². The zero-order chi connectivity index (χ0) is 17.7. The molecule has 0 radical (unpaired) electrons. The molecule has 6 nitrogen and oxygen atoms in total. The van der Waals surface area contributed by atoms with Gasteiger partial charge in [-0.15, -0.1) is 11.3 Å². The van der Waals surface area contributed by atoms with E-state index in [1.165, 1.54) is 17.4 Å². The lowest BCUT2D eigenvalue weighted by atomic mass is 10.2. The molecular weight excluding hydrogens is 394 g/mol. The number of primary amides is 2. The third kappa shape index (κ3) is 4.77. The maximum absolute atomic E-state index is 11.7. The summed E-state index contributed by atoms with van der Waals surface area (Å²) in [6.07, 6.45) is 2.80. The van der Waals surface area contributed by atoms with E-state index in [1.807, 2.05) is 36.4 Å². The summed E-state index contributed by atoms with van der Waals surface area (Å²) in [6, 6.07) is 10.2. The molecule has 0 atom stereocenters. The van der Waals surface area contributed by atoms with Crippen molar-refractivity contribution in [3.63, 3.8) is 0 Å². The number of nitrogens with one attached hydrogen (secondary N) is 1. The van der Waals surface area contributed by atoms with Crippen LogP contribution < -0.4 is 16.8 Å². The molecule has 1 aromatic heterocycles. The summed E-state index contributed by atoms with van der Waals surface area (Å²) in [7, 11) is 0. The Labute approximate surface area is 150 Å². The number of amides is 3. The number of carbonyl (C=O) groups is 3. The smallest absolute Gasteiger partial charge is 0.249 e. The van der Waals surface area contributed by atoms with Gasteiger partial charge >= 0.3 is 0 Å². The first-order valence-corrected chi connectivity index (χ1v) is 8.41. The molecule has 8 heteroatoms. The van der Waals surface area contributed by atoms with Crippen LogP contribution in [0.25, 0.3) is 16.5 Å². The van der Waals surface area contributed by atoms with Gasteiger partial charge in [0.05, 0.1) is 0 Å². The number of carbonyl (C=O) groups excluding carboxylic acids is 3. The monoisotopic (exact) mass is 407 g/mol. The topological polar surface area (TPSA) is 115 Å². The standard InChI is InChI=1S/C16H14BrN3O3S/c17-10-3-1-9(2-4-10)12-7-5-11(24-12)6-8-13(21)20-14(15(18)22)16(19)23/h1-8,14H,(H2,18,22)(H2,19,23)(H,20,21)/b8-6+. The van der Waals surface area contributed by atoms with Crippen LogP contribution in [0.2, 0.25) is 0 Å². The van der Waals surface area contributed by atoms with Crippen LogP contribution in [0.4, 0.5) is 0 Å². The van der Waals surface area contributed by atoms with E-state index in [2.05, 4.69) is 21.2 Å². The molecule has 0 aliphatic heterocycles. The molecule has 124 valence electrons. The minimum Gasteiger partial charge on any atom is -0.367 e. The van der Waals surface area contributed by atoms with Gasteiger partial charge in [0.15, 0.2) is 6.04 Å². The third-order valence-corrected chi connectivity index (χ3v) is 4.64. The molecule has 2 rings (SSSR count). The van der Waals surface area contributed by atoms with Gasteiger partial charge in [-0.05, 0) is 35.9 Å². The van der Waals surface area contributed by atoms with Crippen molar-refractivity contribution in [2.75, 3.05) is 0 Å². The van der Waals surface area contributed by atoms with Crippen LogP contribution >= 0.6 is 27.3 Å². The molecule has 0 saturated heterocycles. The van der Waals surface area contributed by atoms with Gasteiger partial charge in [0.2, 0.25) is 17.7 Å². The van der Waals surface area contributed by atoms with Crippen LogP contribution in [0.1, 0.15) is 4.88 Å². The number of hydrogen-bond donors (Lipinski definition) is 3. The summed E-state index contributed by atoms with van der Waals surface area (Å²) in [6.45, 7) is 0. The van der Waals surface area contributed by atoms with Crippen molar-refractivity contribution < 1.29 is 14.4 Å². The largest absolute Gasteiger partial charge is 0.367 e. The predicted molar refractivity (Wildman–Crippen MR) is 96.8 cm³/mol. The Hall–Kier alpha value is -2.45. The molecule has 2 aromatic rings. The van der Waals surface area contributed by atoms with Gasteiger partial charge in [0, 0.05) is 20.3 Å². The maximum Gasteiger partial charge on any atom is 0.249 e. The number of rotatable bonds is 6. The minimum absolute atomic E-state index is 0.629. The van der Waals surface area contributed by atoms with E-state index >= 15 is 0 Å². The summed E-state index contributed by atoms with van der Waals surface area (Å²) in [4.78, 5) is 35.7. The van der Waals surface area contributed by atoms with Gasteiger partial charge in [-0.3, -0.25) is 14.4 Å². The van der Waals surface area contributed by atoms with E-state index < -0.39 is 23.8 Å². The summed E-state index contributed by atoms with van der Waals surface area (Å²) in [5.74, 6) is -2.63. The second-order valence-corrected chi connectivity index (χ2v) is 6.82. The summed E-state index contributed by atoms with van der Waals surface area (Å²) in [5, 5.41) is 2.16. The molecule has 5 N–H and O–H groups in total. The van der Waals surface area contributed by atoms with Gasteiger partial charge < -0.3 is 16.8 Å². The van der Waals surface area contributed by atoms with Crippen molar-refractivity contribution in [1.29, 1.82) is 0 Å². The van der Waals surface area contributed by atoms with Crippen molar-refractivity contribution >= 4 is 51.1 Å². The van der Waals surface area contributed by atoms with Crippen LogP contribution in [0.3, 0.4) is 0 Å². The lowest BCUT2D eigenvalue weighted by Gasteiger charge is -2.09. The maximum atomic E-state index is 11.7. The average Bonchev–Trinajstić information content (AvgIpc) is 2.99. The summed E-state index contributed by atoms with van der Waals surface area (Å²) in [5.41, 5.74) is 11.0. The molecule has 24 heavy (non-hydrogen) atoms. The van der Waals surface area contributed by atoms with Crippen molar-refractivity contribution in [3.05, 3.63) is 51.8 Å². The SMILES string of the molecule is NC(=O)C(NC(=O)/C=C/c1ccc(-c2ccc(Br)cc2)s1)C(N)=O. The van der Waals surface area contributed by atoms with E-state index in [4.69, 9.17) is 11.5 Å². The zero-order valence-electron chi connectivity index (χ0n) is 12.4. The number of hydrogen-bond acceptors (Lipinski definition) is 4. The highest BCUT2D eigenvalue weighted by Crippen LogP contribution is 2.29. The number of thiophene rings is 1. The first-order chi connectivity index (χ1) is 11.4. The lowest BCUT2D eigenvalue weighted by molar-refractivity contribution is -0.132. The highest BCUT2D eigenvalue weighted by molar-refractivity contribution is 9.10. The molecule has 0 aliphatic rings. The summed E-state index contributed by atoms with van der Waals surface area (Å²) < 4.78 is 0.998. The molecule has 3 amide bonds. The van der Waals surface area contributed by atoms with Crippen molar-refractivity contribution in [3.8, 4) is 10.4 Å². The minimum atomic E-state index is -1.52. The van der Waals surface area contributed by atoms with Crippen molar-refractivity contribution in [2.24, 2.45) is 11.5 Å². The fourth-order valence-corrected chi connectivity index (χ4v) is 3.02. The molecule has 0 saturated carbocycles. The third-order valence-electron chi connectivity index (χ3n) is 3.01. The summed E-state index contributed by atoms with van der Waals surface area (Å²) >= 11 is 4.89. The van der Waals surface area contributed by atoms with Gasteiger partial charge in [0.1, 0.15) is 0 Å². The number of halogens is 1. The average molecular weight is 408 g/mol. The predicted octanol–water partition coefficient (Wildman–Crippen LogP) is 1.65. The Kier molecular flexibility index (Phi) is 5.88. The molecule has 0 bridgehead atoms.